The number of para-hydroxylation sites is 2. The summed E-state index contributed by atoms with van der Waals surface area (Å²) in [5.74, 6) is -0.0600. The van der Waals surface area contributed by atoms with Crippen LogP contribution in [0.4, 0.5) is 5.69 Å². The predicted octanol–water partition coefficient (Wildman–Crippen LogP) is 4.21. The quantitative estimate of drug-likeness (QED) is 0.584. The molecule has 0 atom stereocenters. The number of amides is 2. The molecule has 1 aromatic heterocycles. The zero-order chi connectivity index (χ0) is 19.2. The minimum Gasteiger partial charge on any atom is -0.336 e. The van der Waals surface area contributed by atoms with Crippen molar-refractivity contribution in [2.24, 2.45) is 0 Å². The molecule has 140 valence electrons. The van der Waals surface area contributed by atoms with Crippen LogP contribution in [0.25, 0.3) is 10.2 Å². The molecule has 0 aliphatic rings. The van der Waals surface area contributed by atoms with Crippen LogP contribution in [-0.2, 0) is 9.59 Å². The van der Waals surface area contributed by atoms with Gasteiger partial charge in [-0.3, -0.25) is 9.59 Å². The zero-order valence-corrected chi connectivity index (χ0v) is 17.4. The summed E-state index contributed by atoms with van der Waals surface area (Å²) in [5.41, 5.74) is 1.71. The monoisotopic (exact) mass is 417 g/mol. The van der Waals surface area contributed by atoms with E-state index in [1.54, 1.807) is 30.1 Å². The second kappa shape index (κ2) is 9.25. The second-order valence-corrected chi connectivity index (χ2v) is 8.84. The molecule has 0 saturated carbocycles. The topological polar surface area (TPSA) is 62.3 Å². The van der Waals surface area contributed by atoms with Crippen molar-refractivity contribution in [3.63, 3.8) is 0 Å². The summed E-state index contributed by atoms with van der Waals surface area (Å²) >= 11 is 4.54. The van der Waals surface area contributed by atoms with Gasteiger partial charge in [0.1, 0.15) is 0 Å². The van der Waals surface area contributed by atoms with Crippen molar-refractivity contribution >= 4 is 62.6 Å². The summed E-state index contributed by atoms with van der Waals surface area (Å²) in [5, 5.41) is 2.87. The van der Waals surface area contributed by atoms with E-state index in [-0.39, 0.29) is 24.1 Å². The van der Waals surface area contributed by atoms with Crippen molar-refractivity contribution < 1.29 is 9.59 Å². The first kappa shape index (κ1) is 19.7. The SMILES string of the molecule is CSc1ccccc1NC(=O)CN(C)C(=O)CSc1nc2ccccc2s1. The number of hydrogen-bond acceptors (Lipinski definition) is 6. The molecule has 0 bridgehead atoms. The van der Waals surface area contributed by atoms with Gasteiger partial charge in [0, 0.05) is 11.9 Å². The Balaban J connectivity index is 1.51. The lowest BCUT2D eigenvalue weighted by Gasteiger charge is -2.17. The Kier molecular flexibility index (Phi) is 6.76. The van der Waals surface area contributed by atoms with Crippen LogP contribution in [0.2, 0.25) is 0 Å². The smallest absolute Gasteiger partial charge is 0.244 e. The van der Waals surface area contributed by atoms with Crippen LogP contribution in [0.3, 0.4) is 0 Å². The highest BCUT2D eigenvalue weighted by Gasteiger charge is 2.15. The molecule has 2 aromatic carbocycles. The van der Waals surface area contributed by atoms with Crippen LogP contribution in [0.5, 0.6) is 0 Å². The van der Waals surface area contributed by atoms with E-state index in [2.05, 4.69) is 10.3 Å². The van der Waals surface area contributed by atoms with Crippen LogP contribution in [-0.4, -0.2) is 47.3 Å². The van der Waals surface area contributed by atoms with Crippen molar-refractivity contribution in [1.29, 1.82) is 0 Å². The number of nitrogens with one attached hydrogen (secondary N) is 1. The molecule has 0 unspecified atom stereocenters. The highest BCUT2D eigenvalue weighted by Crippen LogP contribution is 2.29. The van der Waals surface area contributed by atoms with E-state index in [1.165, 1.54) is 16.7 Å². The molecule has 0 aliphatic heterocycles. The van der Waals surface area contributed by atoms with Crippen molar-refractivity contribution in [3.8, 4) is 0 Å². The number of fused-ring (bicyclic) bond motifs is 1. The number of carbonyl (C=O) groups excluding carboxylic acids is 2. The zero-order valence-electron chi connectivity index (χ0n) is 15.0. The molecule has 0 saturated heterocycles. The van der Waals surface area contributed by atoms with E-state index in [9.17, 15) is 9.59 Å². The Morgan fingerprint density at radius 3 is 2.67 bits per heavy atom. The molecule has 0 aliphatic carbocycles. The second-order valence-electron chi connectivity index (χ2n) is 5.73. The number of benzene rings is 2. The van der Waals surface area contributed by atoms with Crippen LogP contribution < -0.4 is 5.32 Å². The van der Waals surface area contributed by atoms with Gasteiger partial charge in [-0.2, -0.15) is 0 Å². The van der Waals surface area contributed by atoms with Crippen LogP contribution >= 0.6 is 34.9 Å². The lowest BCUT2D eigenvalue weighted by Crippen LogP contribution is -2.36. The van der Waals surface area contributed by atoms with E-state index < -0.39 is 0 Å². The average Bonchev–Trinajstić information content (AvgIpc) is 3.09. The molecule has 27 heavy (non-hydrogen) atoms. The van der Waals surface area contributed by atoms with Gasteiger partial charge in [0.05, 0.1) is 28.2 Å². The Bertz CT molecular complexity index is 925. The van der Waals surface area contributed by atoms with Gasteiger partial charge in [-0.1, -0.05) is 36.0 Å². The standard InChI is InChI=1S/C19H19N3O2S3/c1-22(11-17(23)20-13-7-3-5-9-15(13)25-2)18(24)12-26-19-21-14-8-4-6-10-16(14)27-19/h3-10H,11-12H2,1-2H3,(H,20,23). The molecule has 1 N–H and O–H groups in total. The summed E-state index contributed by atoms with van der Waals surface area (Å²) in [6, 6.07) is 15.5. The highest BCUT2D eigenvalue weighted by molar-refractivity contribution is 8.01. The Morgan fingerprint density at radius 1 is 1.15 bits per heavy atom. The third-order valence-electron chi connectivity index (χ3n) is 3.78. The number of hydrogen-bond donors (Lipinski definition) is 1. The molecule has 0 spiro atoms. The molecule has 8 heteroatoms. The van der Waals surface area contributed by atoms with Gasteiger partial charge < -0.3 is 10.2 Å². The van der Waals surface area contributed by atoms with Gasteiger partial charge in [0.25, 0.3) is 0 Å². The molecule has 3 rings (SSSR count). The van der Waals surface area contributed by atoms with Gasteiger partial charge in [0.2, 0.25) is 11.8 Å². The maximum absolute atomic E-state index is 12.3. The lowest BCUT2D eigenvalue weighted by atomic mass is 10.3. The first-order chi connectivity index (χ1) is 13.1. The predicted molar refractivity (Wildman–Crippen MR) is 115 cm³/mol. The molecular weight excluding hydrogens is 398 g/mol. The number of carbonyl (C=O) groups is 2. The number of nitrogens with zero attached hydrogens (tertiary/aromatic N) is 2. The summed E-state index contributed by atoms with van der Waals surface area (Å²) < 4.78 is 1.96. The number of anilines is 1. The van der Waals surface area contributed by atoms with Gasteiger partial charge in [-0.05, 0) is 30.5 Å². The minimum absolute atomic E-state index is 0.0158. The Labute approximate surface area is 170 Å². The minimum atomic E-state index is -0.211. The van der Waals surface area contributed by atoms with E-state index in [0.717, 1.165) is 25.1 Å². The third kappa shape index (κ3) is 5.24. The summed E-state index contributed by atoms with van der Waals surface area (Å²) in [7, 11) is 1.64. The Hall–Kier alpha value is -2.03. The van der Waals surface area contributed by atoms with Crippen molar-refractivity contribution in [2.75, 3.05) is 30.9 Å². The summed E-state index contributed by atoms with van der Waals surface area (Å²) in [4.78, 5) is 31.5. The molecule has 0 radical (unpaired) electrons. The van der Waals surface area contributed by atoms with E-state index in [0.29, 0.717) is 0 Å². The van der Waals surface area contributed by atoms with Crippen molar-refractivity contribution in [1.82, 2.24) is 9.88 Å². The maximum Gasteiger partial charge on any atom is 0.244 e. The molecule has 2 amide bonds. The maximum atomic E-state index is 12.3. The number of aromatic nitrogens is 1. The molecule has 0 fully saturated rings. The molecule has 1 heterocycles. The lowest BCUT2D eigenvalue weighted by molar-refractivity contribution is -0.131. The fraction of sp³-hybridized carbons (Fsp3) is 0.211. The van der Waals surface area contributed by atoms with Crippen molar-refractivity contribution in [2.45, 2.75) is 9.24 Å². The third-order valence-corrected chi connectivity index (χ3v) is 6.74. The highest BCUT2D eigenvalue weighted by atomic mass is 32.2. The molecule has 3 aromatic rings. The first-order valence-corrected chi connectivity index (χ1v) is 11.2. The van der Waals surface area contributed by atoms with Crippen molar-refractivity contribution in [3.05, 3.63) is 48.5 Å². The van der Waals surface area contributed by atoms with Gasteiger partial charge >= 0.3 is 0 Å². The number of likely N-dealkylation sites (N-methyl/N-ethyl adjacent to an activating group) is 1. The summed E-state index contributed by atoms with van der Waals surface area (Å²) in [6.07, 6.45) is 1.96. The first-order valence-electron chi connectivity index (χ1n) is 8.22. The van der Waals surface area contributed by atoms with E-state index >= 15 is 0 Å². The number of rotatable bonds is 7. The fourth-order valence-electron chi connectivity index (χ4n) is 2.39. The van der Waals surface area contributed by atoms with Gasteiger partial charge in [-0.25, -0.2) is 4.98 Å². The number of thioether (sulfide) groups is 2. The average molecular weight is 418 g/mol. The van der Waals surface area contributed by atoms with Crippen LogP contribution in [0, 0.1) is 0 Å². The fourth-order valence-corrected chi connectivity index (χ4v) is 4.95. The van der Waals surface area contributed by atoms with Crippen LogP contribution in [0.1, 0.15) is 0 Å². The largest absolute Gasteiger partial charge is 0.336 e. The molecule has 5 nitrogen and oxygen atoms in total. The summed E-state index contributed by atoms with van der Waals surface area (Å²) in [6.45, 7) is 0.0158. The van der Waals surface area contributed by atoms with Gasteiger partial charge in [-0.15, -0.1) is 23.1 Å². The van der Waals surface area contributed by atoms with E-state index in [4.69, 9.17) is 0 Å². The van der Waals surface area contributed by atoms with Gasteiger partial charge in [0.15, 0.2) is 4.34 Å². The molecular formula is C19H19N3O2S3. The van der Waals surface area contributed by atoms with Crippen LogP contribution in [0.15, 0.2) is 57.8 Å². The Morgan fingerprint density at radius 2 is 1.89 bits per heavy atom. The van der Waals surface area contributed by atoms with E-state index in [1.807, 2.05) is 54.8 Å². The normalized spacial score (nSPS) is 10.7. The number of thiazole rings is 1.